The third-order valence-electron chi connectivity index (χ3n) is 3.37. The molecule has 4 heteroatoms. The van der Waals surface area contributed by atoms with Gasteiger partial charge in [0, 0.05) is 15.5 Å². The van der Waals surface area contributed by atoms with Crippen LogP contribution in [0.15, 0.2) is 53.0 Å². The zero-order chi connectivity index (χ0) is 14.1. The number of nitrogens with zero attached hydrogens (tertiary/aromatic N) is 1. The van der Waals surface area contributed by atoms with Crippen molar-refractivity contribution in [2.75, 3.05) is 5.32 Å². The Balaban J connectivity index is 0.00000161. The fraction of sp³-hybridized carbons (Fsp3) is 0.118. The molecular formula is C17H16BrClN2. The second-order valence-electron chi connectivity index (χ2n) is 4.93. The first kappa shape index (κ1) is 15.8. The van der Waals surface area contributed by atoms with Crippen LogP contribution in [-0.4, -0.2) is 4.98 Å². The van der Waals surface area contributed by atoms with E-state index >= 15 is 0 Å². The van der Waals surface area contributed by atoms with E-state index in [1.54, 1.807) is 0 Å². The number of anilines is 2. The summed E-state index contributed by atoms with van der Waals surface area (Å²) in [5.74, 6) is 0.881. The van der Waals surface area contributed by atoms with Gasteiger partial charge < -0.3 is 5.32 Å². The first-order chi connectivity index (χ1) is 9.63. The molecule has 21 heavy (non-hydrogen) atoms. The lowest BCUT2D eigenvalue weighted by atomic mass is 10.1. The van der Waals surface area contributed by atoms with Crippen molar-refractivity contribution in [2.45, 2.75) is 13.8 Å². The number of aromatic nitrogens is 1. The van der Waals surface area contributed by atoms with Crippen LogP contribution in [0.4, 0.5) is 11.5 Å². The second kappa shape index (κ2) is 6.46. The van der Waals surface area contributed by atoms with Gasteiger partial charge in [0.15, 0.2) is 0 Å². The molecule has 1 aromatic heterocycles. The van der Waals surface area contributed by atoms with Gasteiger partial charge in [0.05, 0.1) is 5.52 Å². The Kier molecular flexibility index (Phi) is 4.86. The lowest BCUT2D eigenvalue weighted by Gasteiger charge is -2.11. The summed E-state index contributed by atoms with van der Waals surface area (Å²) < 4.78 is 1.09. The van der Waals surface area contributed by atoms with E-state index in [0.29, 0.717) is 0 Å². The summed E-state index contributed by atoms with van der Waals surface area (Å²) >= 11 is 3.48. The number of para-hydroxylation sites is 1. The molecule has 0 saturated heterocycles. The number of hydrogen-bond donors (Lipinski definition) is 1. The molecule has 0 aliphatic carbocycles. The molecule has 0 amide bonds. The van der Waals surface area contributed by atoms with Crippen LogP contribution < -0.4 is 5.32 Å². The van der Waals surface area contributed by atoms with E-state index in [-0.39, 0.29) is 12.4 Å². The smallest absolute Gasteiger partial charge is 0.131 e. The number of fused-ring (bicyclic) bond motifs is 1. The topological polar surface area (TPSA) is 24.9 Å². The van der Waals surface area contributed by atoms with Crippen molar-refractivity contribution in [3.8, 4) is 0 Å². The van der Waals surface area contributed by atoms with Gasteiger partial charge >= 0.3 is 0 Å². The van der Waals surface area contributed by atoms with E-state index in [9.17, 15) is 0 Å². The highest BCUT2D eigenvalue weighted by atomic mass is 79.9. The Morgan fingerprint density at radius 3 is 2.48 bits per heavy atom. The average Bonchev–Trinajstić information content (AvgIpc) is 2.42. The Morgan fingerprint density at radius 2 is 1.71 bits per heavy atom. The van der Waals surface area contributed by atoms with Gasteiger partial charge in [-0.3, -0.25) is 0 Å². The van der Waals surface area contributed by atoms with Crippen LogP contribution in [0.1, 0.15) is 11.1 Å². The summed E-state index contributed by atoms with van der Waals surface area (Å²) in [5, 5.41) is 4.60. The molecular weight excluding hydrogens is 348 g/mol. The molecule has 0 aliphatic heterocycles. The largest absolute Gasteiger partial charge is 0.340 e. The molecule has 0 saturated carbocycles. The van der Waals surface area contributed by atoms with E-state index in [2.05, 4.69) is 64.3 Å². The van der Waals surface area contributed by atoms with E-state index < -0.39 is 0 Å². The molecule has 2 nitrogen and oxygen atoms in total. The standard InChI is InChI=1S/C17H15BrN2.ClH/c1-11-10-17(20-16-6-4-3-5-14(11)16)19-15-8-7-13(18)9-12(15)2;/h3-10H,1-2H3,(H,19,20);1H. The van der Waals surface area contributed by atoms with E-state index in [0.717, 1.165) is 21.5 Å². The van der Waals surface area contributed by atoms with Crippen LogP contribution in [0.3, 0.4) is 0 Å². The first-order valence-electron chi connectivity index (χ1n) is 6.53. The first-order valence-corrected chi connectivity index (χ1v) is 7.32. The third kappa shape index (κ3) is 3.36. The second-order valence-corrected chi connectivity index (χ2v) is 5.84. The fourth-order valence-corrected chi connectivity index (χ4v) is 2.79. The number of aryl methyl sites for hydroxylation is 2. The molecule has 0 aliphatic rings. The van der Waals surface area contributed by atoms with Crippen molar-refractivity contribution >= 4 is 50.7 Å². The summed E-state index contributed by atoms with van der Waals surface area (Å²) in [6.07, 6.45) is 0. The van der Waals surface area contributed by atoms with Crippen LogP contribution in [-0.2, 0) is 0 Å². The summed E-state index contributed by atoms with van der Waals surface area (Å²) in [4.78, 5) is 4.67. The van der Waals surface area contributed by atoms with Crippen molar-refractivity contribution < 1.29 is 0 Å². The maximum Gasteiger partial charge on any atom is 0.131 e. The van der Waals surface area contributed by atoms with Crippen LogP contribution in [0.25, 0.3) is 10.9 Å². The van der Waals surface area contributed by atoms with Gasteiger partial charge in [0.1, 0.15) is 5.82 Å². The molecule has 1 N–H and O–H groups in total. The van der Waals surface area contributed by atoms with Crippen LogP contribution in [0.5, 0.6) is 0 Å². The lowest BCUT2D eigenvalue weighted by molar-refractivity contribution is 1.32. The van der Waals surface area contributed by atoms with E-state index in [1.165, 1.54) is 16.5 Å². The fourth-order valence-electron chi connectivity index (χ4n) is 2.32. The summed E-state index contributed by atoms with van der Waals surface area (Å²) in [5.41, 5.74) is 4.51. The highest BCUT2D eigenvalue weighted by molar-refractivity contribution is 9.10. The molecule has 2 aromatic carbocycles. The minimum atomic E-state index is 0. The number of halogens is 2. The molecule has 0 atom stereocenters. The predicted octanol–water partition coefficient (Wildman–Crippen LogP) is 5.78. The zero-order valence-electron chi connectivity index (χ0n) is 11.9. The normalized spacial score (nSPS) is 10.2. The van der Waals surface area contributed by atoms with E-state index in [4.69, 9.17) is 0 Å². The predicted molar refractivity (Wildman–Crippen MR) is 95.9 cm³/mol. The van der Waals surface area contributed by atoms with Crippen LogP contribution in [0, 0.1) is 13.8 Å². The minimum absolute atomic E-state index is 0. The molecule has 0 unspecified atom stereocenters. The summed E-state index contributed by atoms with van der Waals surface area (Å²) in [6.45, 7) is 4.20. The van der Waals surface area contributed by atoms with Gasteiger partial charge in [0.2, 0.25) is 0 Å². The SMILES string of the molecule is Cc1cc(Br)ccc1Nc1cc(C)c2ccccc2n1.Cl. The zero-order valence-corrected chi connectivity index (χ0v) is 14.3. The molecule has 0 fully saturated rings. The molecule has 0 radical (unpaired) electrons. The van der Waals surface area contributed by atoms with Gasteiger partial charge in [-0.2, -0.15) is 0 Å². The molecule has 1 heterocycles. The molecule has 3 aromatic rings. The van der Waals surface area contributed by atoms with Gasteiger partial charge in [-0.05, 0) is 55.3 Å². The maximum absolute atomic E-state index is 4.67. The van der Waals surface area contributed by atoms with Gasteiger partial charge in [-0.1, -0.05) is 34.1 Å². The number of hydrogen-bond acceptors (Lipinski definition) is 2. The quantitative estimate of drug-likeness (QED) is 0.624. The lowest BCUT2D eigenvalue weighted by Crippen LogP contribution is -1.97. The number of benzene rings is 2. The average molecular weight is 364 g/mol. The number of rotatable bonds is 2. The molecule has 3 rings (SSSR count). The van der Waals surface area contributed by atoms with Crippen molar-refractivity contribution in [1.82, 2.24) is 4.98 Å². The van der Waals surface area contributed by atoms with Gasteiger partial charge in [-0.25, -0.2) is 4.98 Å². The highest BCUT2D eigenvalue weighted by Crippen LogP contribution is 2.25. The van der Waals surface area contributed by atoms with Gasteiger partial charge in [-0.15, -0.1) is 12.4 Å². The maximum atomic E-state index is 4.67. The molecule has 108 valence electrons. The molecule has 0 spiro atoms. The Morgan fingerprint density at radius 1 is 0.952 bits per heavy atom. The van der Waals surface area contributed by atoms with Gasteiger partial charge in [0.25, 0.3) is 0 Å². The van der Waals surface area contributed by atoms with Crippen molar-refractivity contribution in [1.29, 1.82) is 0 Å². The third-order valence-corrected chi connectivity index (χ3v) is 3.87. The van der Waals surface area contributed by atoms with Crippen molar-refractivity contribution in [3.05, 3.63) is 64.1 Å². The van der Waals surface area contributed by atoms with Crippen LogP contribution >= 0.6 is 28.3 Å². The summed E-state index contributed by atoms with van der Waals surface area (Å²) in [6, 6.07) is 16.5. The Labute approximate surface area is 139 Å². The molecule has 0 bridgehead atoms. The highest BCUT2D eigenvalue weighted by Gasteiger charge is 2.04. The number of pyridine rings is 1. The Hall–Kier alpha value is -1.58. The Bertz CT molecular complexity index is 787. The van der Waals surface area contributed by atoms with Crippen molar-refractivity contribution in [2.24, 2.45) is 0 Å². The van der Waals surface area contributed by atoms with Crippen molar-refractivity contribution in [3.63, 3.8) is 0 Å². The monoisotopic (exact) mass is 362 g/mol. The summed E-state index contributed by atoms with van der Waals surface area (Å²) in [7, 11) is 0. The van der Waals surface area contributed by atoms with E-state index in [1.807, 2.05) is 24.3 Å². The van der Waals surface area contributed by atoms with Crippen LogP contribution in [0.2, 0.25) is 0 Å². The minimum Gasteiger partial charge on any atom is -0.340 e. The number of nitrogens with one attached hydrogen (secondary N) is 1.